The van der Waals surface area contributed by atoms with Gasteiger partial charge in [0.1, 0.15) is 11.6 Å². The molecule has 19 heavy (non-hydrogen) atoms. The Morgan fingerprint density at radius 2 is 2.11 bits per heavy atom. The largest absolute Gasteiger partial charge is 0.333 e. The Balaban J connectivity index is 1.76. The van der Waals surface area contributed by atoms with Crippen LogP contribution < -0.4 is 5.73 Å². The van der Waals surface area contributed by atoms with Crippen LogP contribution >= 0.6 is 0 Å². The van der Waals surface area contributed by atoms with Gasteiger partial charge in [0, 0.05) is 49.7 Å². The van der Waals surface area contributed by atoms with Crippen LogP contribution in [-0.2, 0) is 26.2 Å². The van der Waals surface area contributed by atoms with Gasteiger partial charge in [-0.2, -0.15) is 0 Å². The minimum absolute atomic E-state index is 0.168. The highest BCUT2D eigenvalue weighted by Crippen LogP contribution is 2.18. The molecule has 1 aliphatic rings. The Hall–Kier alpha value is -1.72. The van der Waals surface area contributed by atoms with E-state index in [1.807, 2.05) is 24.5 Å². The van der Waals surface area contributed by atoms with Gasteiger partial charge < -0.3 is 10.3 Å². The number of fused-ring (bicyclic) bond motifs is 1. The Morgan fingerprint density at radius 1 is 1.26 bits per heavy atom. The maximum atomic E-state index is 14.1. The minimum Gasteiger partial charge on any atom is -0.333 e. The number of rotatable bonds is 3. The Labute approximate surface area is 111 Å². The summed E-state index contributed by atoms with van der Waals surface area (Å²) in [5, 5.41) is 0. The molecule has 0 atom stereocenters. The highest BCUT2D eigenvalue weighted by Gasteiger charge is 2.18. The zero-order valence-electron chi connectivity index (χ0n) is 10.7. The fourth-order valence-electron chi connectivity index (χ4n) is 2.51. The Bertz CT molecular complexity index is 579. The predicted octanol–water partition coefficient (Wildman–Crippen LogP) is 1.50. The van der Waals surface area contributed by atoms with Crippen LogP contribution in [0, 0.1) is 5.82 Å². The van der Waals surface area contributed by atoms with E-state index in [-0.39, 0.29) is 12.4 Å². The van der Waals surface area contributed by atoms with Gasteiger partial charge in [-0.25, -0.2) is 9.37 Å². The summed E-state index contributed by atoms with van der Waals surface area (Å²) < 4.78 is 16.3. The van der Waals surface area contributed by atoms with E-state index >= 15 is 0 Å². The smallest absolute Gasteiger partial charge is 0.132 e. The second kappa shape index (κ2) is 5.11. The molecule has 0 aliphatic carbocycles. The first-order chi connectivity index (χ1) is 9.28. The van der Waals surface area contributed by atoms with E-state index in [0.717, 1.165) is 25.5 Å². The van der Waals surface area contributed by atoms with E-state index in [0.29, 0.717) is 17.7 Å². The molecule has 1 aromatic carbocycles. The minimum atomic E-state index is -0.168. The molecule has 5 heteroatoms. The molecule has 4 nitrogen and oxygen atoms in total. The number of benzene rings is 1. The number of nitrogens with two attached hydrogens (primary N) is 1. The third-order valence-corrected chi connectivity index (χ3v) is 3.60. The van der Waals surface area contributed by atoms with Crippen LogP contribution in [0.5, 0.6) is 0 Å². The summed E-state index contributed by atoms with van der Waals surface area (Å²) in [7, 11) is 0. The first-order valence-electron chi connectivity index (χ1n) is 6.46. The quantitative estimate of drug-likeness (QED) is 0.909. The average Bonchev–Trinajstić information content (AvgIpc) is 2.88. The molecule has 2 heterocycles. The number of imidazole rings is 1. The van der Waals surface area contributed by atoms with Crippen molar-refractivity contribution < 1.29 is 4.39 Å². The molecular weight excluding hydrogens is 243 g/mol. The van der Waals surface area contributed by atoms with E-state index in [2.05, 4.69) is 14.5 Å². The monoisotopic (exact) mass is 260 g/mol. The number of nitrogens with zero attached hydrogens (tertiary/aromatic N) is 3. The summed E-state index contributed by atoms with van der Waals surface area (Å²) in [4.78, 5) is 6.52. The summed E-state index contributed by atoms with van der Waals surface area (Å²) in [5.41, 5.74) is 6.83. The molecule has 0 radical (unpaired) electrons. The summed E-state index contributed by atoms with van der Waals surface area (Å²) in [5.74, 6) is 0.876. The van der Waals surface area contributed by atoms with Crippen molar-refractivity contribution in [3.05, 3.63) is 53.4 Å². The molecule has 2 N–H and O–H groups in total. The fraction of sp³-hybridized carbons (Fsp3) is 0.357. The lowest BCUT2D eigenvalue weighted by Gasteiger charge is -2.27. The molecule has 0 bridgehead atoms. The maximum absolute atomic E-state index is 14.1. The van der Waals surface area contributed by atoms with E-state index in [4.69, 9.17) is 5.73 Å². The molecule has 2 aromatic rings. The van der Waals surface area contributed by atoms with Crippen molar-refractivity contribution in [3.8, 4) is 0 Å². The average molecular weight is 260 g/mol. The molecule has 100 valence electrons. The highest BCUT2D eigenvalue weighted by atomic mass is 19.1. The first kappa shape index (κ1) is 12.3. The van der Waals surface area contributed by atoms with Gasteiger partial charge in [0.2, 0.25) is 0 Å². The predicted molar refractivity (Wildman–Crippen MR) is 70.6 cm³/mol. The number of halogens is 1. The van der Waals surface area contributed by atoms with E-state index in [9.17, 15) is 4.39 Å². The van der Waals surface area contributed by atoms with Crippen molar-refractivity contribution >= 4 is 0 Å². The molecular formula is C14H17FN4. The highest BCUT2D eigenvalue weighted by molar-refractivity contribution is 5.26. The standard InChI is InChI=1S/C14H17FN4/c15-14-11(8-16)2-1-3-12(14)9-18-6-7-19-5-4-17-13(19)10-18/h1-5H,6-10,16H2. The third-order valence-electron chi connectivity index (χ3n) is 3.60. The van der Waals surface area contributed by atoms with Gasteiger partial charge in [-0.05, 0) is 0 Å². The molecule has 1 aromatic heterocycles. The summed E-state index contributed by atoms with van der Waals surface area (Å²) in [6, 6.07) is 5.43. The van der Waals surface area contributed by atoms with Crippen LogP contribution in [0.15, 0.2) is 30.6 Å². The molecule has 0 saturated heterocycles. The molecule has 0 saturated carbocycles. The number of aromatic nitrogens is 2. The van der Waals surface area contributed by atoms with E-state index < -0.39 is 0 Å². The van der Waals surface area contributed by atoms with Gasteiger partial charge in [-0.3, -0.25) is 4.90 Å². The summed E-state index contributed by atoms with van der Waals surface area (Å²) in [6.45, 7) is 3.43. The van der Waals surface area contributed by atoms with Crippen LogP contribution in [0.4, 0.5) is 4.39 Å². The van der Waals surface area contributed by atoms with Gasteiger partial charge in [-0.15, -0.1) is 0 Å². The van der Waals surface area contributed by atoms with Crippen LogP contribution in [0.25, 0.3) is 0 Å². The molecule has 0 amide bonds. The second-order valence-electron chi connectivity index (χ2n) is 4.84. The zero-order chi connectivity index (χ0) is 13.2. The summed E-state index contributed by atoms with van der Waals surface area (Å²) >= 11 is 0. The maximum Gasteiger partial charge on any atom is 0.132 e. The Kier molecular flexibility index (Phi) is 3.31. The lowest BCUT2D eigenvalue weighted by molar-refractivity contribution is 0.206. The SMILES string of the molecule is NCc1cccc(CN2CCn3ccnc3C2)c1F. The van der Waals surface area contributed by atoms with E-state index in [1.165, 1.54) is 0 Å². The van der Waals surface area contributed by atoms with Gasteiger partial charge in [-0.1, -0.05) is 18.2 Å². The van der Waals surface area contributed by atoms with Crippen LogP contribution in [-0.4, -0.2) is 21.0 Å². The zero-order valence-corrected chi connectivity index (χ0v) is 10.7. The normalized spacial score (nSPS) is 15.5. The molecule has 0 spiro atoms. The number of hydrogen-bond donors (Lipinski definition) is 1. The number of hydrogen-bond acceptors (Lipinski definition) is 3. The van der Waals surface area contributed by atoms with Gasteiger partial charge >= 0.3 is 0 Å². The van der Waals surface area contributed by atoms with Crippen molar-refractivity contribution in [2.75, 3.05) is 6.54 Å². The molecule has 0 fully saturated rings. The lowest BCUT2D eigenvalue weighted by atomic mass is 10.1. The van der Waals surface area contributed by atoms with Crippen molar-refractivity contribution in [1.82, 2.24) is 14.5 Å². The van der Waals surface area contributed by atoms with E-state index in [1.54, 1.807) is 6.07 Å². The van der Waals surface area contributed by atoms with Crippen molar-refractivity contribution in [2.45, 2.75) is 26.2 Å². The summed E-state index contributed by atoms with van der Waals surface area (Å²) in [6.07, 6.45) is 3.80. The van der Waals surface area contributed by atoms with Gasteiger partial charge in [0.05, 0.1) is 6.54 Å². The van der Waals surface area contributed by atoms with Crippen LogP contribution in [0.3, 0.4) is 0 Å². The fourth-order valence-corrected chi connectivity index (χ4v) is 2.51. The molecule has 3 rings (SSSR count). The van der Waals surface area contributed by atoms with Gasteiger partial charge in [0.25, 0.3) is 0 Å². The van der Waals surface area contributed by atoms with Crippen molar-refractivity contribution in [3.63, 3.8) is 0 Å². The molecule has 1 aliphatic heterocycles. The van der Waals surface area contributed by atoms with Crippen LogP contribution in [0.1, 0.15) is 17.0 Å². The second-order valence-corrected chi connectivity index (χ2v) is 4.84. The first-order valence-corrected chi connectivity index (χ1v) is 6.46. The molecule has 0 unspecified atom stereocenters. The van der Waals surface area contributed by atoms with Crippen molar-refractivity contribution in [2.24, 2.45) is 5.73 Å². The Morgan fingerprint density at radius 3 is 2.95 bits per heavy atom. The third kappa shape index (κ3) is 2.39. The van der Waals surface area contributed by atoms with Crippen molar-refractivity contribution in [1.29, 1.82) is 0 Å². The van der Waals surface area contributed by atoms with Gasteiger partial charge in [0.15, 0.2) is 0 Å². The lowest BCUT2D eigenvalue weighted by Crippen LogP contribution is -2.33. The van der Waals surface area contributed by atoms with Crippen LogP contribution in [0.2, 0.25) is 0 Å². The topological polar surface area (TPSA) is 47.1 Å².